The van der Waals surface area contributed by atoms with Crippen LogP contribution in [0.25, 0.3) is 11.4 Å². The van der Waals surface area contributed by atoms with Gasteiger partial charge in [0.15, 0.2) is 11.6 Å². The molecule has 0 saturated heterocycles. The molecule has 1 aliphatic rings. The lowest BCUT2D eigenvalue weighted by Gasteiger charge is -2.37. The van der Waals surface area contributed by atoms with Crippen molar-refractivity contribution >= 4 is 12.4 Å². The van der Waals surface area contributed by atoms with E-state index in [9.17, 15) is 4.79 Å². The van der Waals surface area contributed by atoms with Gasteiger partial charge in [0.2, 0.25) is 5.91 Å². The fourth-order valence-corrected chi connectivity index (χ4v) is 3.65. The van der Waals surface area contributed by atoms with Gasteiger partial charge in [-0.15, -0.1) is 0 Å². The molecule has 1 amide bonds. The second kappa shape index (κ2) is 9.34. The van der Waals surface area contributed by atoms with Crippen LogP contribution in [0.4, 0.5) is 0 Å². The van der Waals surface area contributed by atoms with Crippen molar-refractivity contribution in [1.29, 1.82) is 0 Å². The fraction of sp³-hybridized carbons (Fsp3) is 0.381. The van der Waals surface area contributed by atoms with Gasteiger partial charge in [0.25, 0.3) is 6.47 Å². The molecule has 0 radical (unpaired) electrons. The molecule has 3 aromatic rings. The maximum absolute atomic E-state index is 13.0. The van der Waals surface area contributed by atoms with Gasteiger partial charge in [0, 0.05) is 18.3 Å². The third-order valence-electron chi connectivity index (χ3n) is 4.90. The molecule has 0 bridgehead atoms. The van der Waals surface area contributed by atoms with Crippen molar-refractivity contribution in [3.63, 3.8) is 0 Å². The molecule has 1 aromatic carbocycles. The third kappa shape index (κ3) is 4.56. The van der Waals surface area contributed by atoms with Crippen LogP contribution in [-0.2, 0) is 22.7 Å². The van der Waals surface area contributed by atoms with Crippen LogP contribution >= 0.6 is 0 Å². The molecule has 1 N–H and O–H groups in total. The van der Waals surface area contributed by atoms with E-state index in [0.29, 0.717) is 18.9 Å². The number of carboxylic acid groups (broad SMARTS) is 1. The predicted molar refractivity (Wildman–Crippen MR) is 110 cm³/mol. The largest absolute Gasteiger partial charge is 0.483 e. The molecule has 0 aliphatic carbocycles. The highest BCUT2D eigenvalue weighted by Gasteiger charge is 2.35. The van der Waals surface area contributed by atoms with Gasteiger partial charge in [-0.05, 0) is 18.4 Å². The van der Waals surface area contributed by atoms with E-state index in [-0.39, 0.29) is 30.9 Å². The predicted octanol–water partition coefficient (Wildman–Crippen LogP) is 2.39. The first-order valence-corrected chi connectivity index (χ1v) is 9.81. The zero-order chi connectivity index (χ0) is 21.7. The third-order valence-corrected chi connectivity index (χ3v) is 4.90. The van der Waals surface area contributed by atoms with Crippen LogP contribution in [0.2, 0.25) is 0 Å². The van der Waals surface area contributed by atoms with Gasteiger partial charge < -0.3 is 10.0 Å². The number of hydrogen-bond donors (Lipinski definition) is 1. The highest BCUT2D eigenvalue weighted by molar-refractivity contribution is 5.76. The summed E-state index contributed by atoms with van der Waals surface area (Å²) in [6.07, 6.45) is 3.66. The Labute approximate surface area is 175 Å². The number of fused-ring (bicyclic) bond motifs is 1. The summed E-state index contributed by atoms with van der Waals surface area (Å²) in [4.78, 5) is 28.1. The maximum Gasteiger partial charge on any atom is 0.290 e. The van der Waals surface area contributed by atoms with Crippen LogP contribution in [-0.4, -0.2) is 53.5 Å². The lowest BCUT2D eigenvalue weighted by molar-refractivity contribution is -0.137. The highest BCUT2D eigenvalue weighted by Crippen LogP contribution is 2.32. The fourth-order valence-electron chi connectivity index (χ4n) is 3.65. The van der Waals surface area contributed by atoms with Crippen LogP contribution in [0.15, 0.2) is 42.7 Å². The topological polar surface area (TPSA) is 106 Å². The van der Waals surface area contributed by atoms with Crippen molar-refractivity contribution in [3.05, 3.63) is 54.1 Å². The molecule has 2 aromatic heterocycles. The lowest BCUT2D eigenvalue weighted by atomic mass is 9.99. The van der Waals surface area contributed by atoms with Gasteiger partial charge in [-0.2, -0.15) is 10.2 Å². The first kappa shape index (κ1) is 21.2. The Balaban J connectivity index is 0.000000806. The normalized spacial score (nSPS) is 15.3. The minimum atomic E-state index is -0.250. The van der Waals surface area contributed by atoms with E-state index >= 15 is 0 Å². The number of amides is 1. The van der Waals surface area contributed by atoms with Crippen molar-refractivity contribution in [3.8, 4) is 11.4 Å². The van der Waals surface area contributed by atoms with Gasteiger partial charge in [-0.1, -0.05) is 44.2 Å². The van der Waals surface area contributed by atoms with Crippen molar-refractivity contribution in [2.24, 2.45) is 5.92 Å². The standard InChI is InChI=1S/C20H24N6O.CH2O2/c1-14(2)18-20-22-19(16-7-5-4-6-8-16)23-26(20)10-9-25(18)17(27)13-24-12-15(3)11-21-24;2-1-3/h4-8,11-12,14,18H,9-10,13H2,1-3H3;1H,(H,2,3)/t18-;/m0./s1. The van der Waals surface area contributed by atoms with Crippen molar-refractivity contribution in [1.82, 2.24) is 29.4 Å². The number of aromatic nitrogens is 5. The second-order valence-electron chi connectivity index (χ2n) is 7.48. The Kier molecular flexibility index (Phi) is 6.61. The minimum Gasteiger partial charge on any atom is -0.483 e. The summed E-state index contributed by atoms with van der Waals surface area (Å²) < 4.78 is 3.65. The summed E-state index contributed by atoms with van der Waals surface area (Å²) in [5.41, 5.74) is 2.04. The van der Waals surface area contributed by atoms with Crippen LogP contribution in [0.1, 0.15) is 31.3 Å². The summed E-state index contributed by atoms with van der Waals surface area (Å²) in [5, 5.41) is 15.8. The molecule has 0 fully saturated rings. The molecular weight excluding hydrogens is 384 g/mol. The highest BCUT2D eigenvalue weighted by atomic mass is 16.3. The van der Waals surface area contributed by atoms with Crippen LogP contribution < -0.4 is 0 Å². The Hall–Kier alpha value is -3.49. The second-order valence-corrected chi connectivity index (χ2v) is 7.48. The van der Waals surface area contributed by atoms with E-state index in [2.05, 4.69) is 24.0 Å². The SMILES string of the molecule is Cc1cnn(CC(=O)N2CCn3nc(-c4ccccc4)nc3[C@@H]2C(C)C)c1.O=CO. The van der Waals surface area contributed by atoms with E-state index in [1.54, 1.807) is 10.9 Å². The summed E-state index contributed by atoms with van der Waals surface area (Å²) in [5.74, 6) is 1.88. The van der Waals surface area contributed by atoms with Crippen molar-refractivity contribution < 1.29 is 14.7 Å². The number of benzene rings is 1. The smallest absolute Gasteiger partial charge is 0.290 e. The number of carbonyl (C=O) groups excluding carboxylic acids is 1. The number of aryl methyl sites for hydroxylation is 1. The van der Waals surface area contributed by atoms with E-state index < -0.39 is 0 Å². The van der Waals surface area contributed by atoms with Crippen LogP contribution in [0.5, 0.6) is 0 Å². The summed E-state index contributed by atoms with van der Waals surface area (Å²) in [6, 6.07) is 9.87. The van der Waals surface area contributed by atoms with Crippen LogP contribution in [0.3, 0.4) is 0 Å². The number of carbonyl (C=O) groups is 2. The molecular formula is C21H26N6O3. The summed E-state index contributed by atoms with van der Waals surface area (Å²) >= 11 is 0. The quantitative estimate of drug-likeness (QED) is 0.662. The summed E-state index contributed by atoms with van der Waals surface area (Å²) in [7, 11) is 0. The molecule has 9 heteroatoms. The molecule has 9 nitrogen and oxygen atoms in total. The molecule has 1 atom stereocenters. The molecule has 0 unspecified atom stereocenters. The average molecular weight is 410 g/mol. The van der Waals surface area contributed by atoms with Gasteiger partial charge in [-0.25, -0.2) is 9.67 Å². The Bertz CT molecular complexity index is 995. The molecule has 30 heavy (non-hydrogen) atoms. The van der Waals surface area contributed by atoms with E-state index in [0.717, 1.165) is 17.0 Å². The monoisotopic (exact) mass is 410 g/mol. The molecule has 0 spiro atoms. The summed E-state index contributed by atoms with van der Waals surface area (Å²) in [6.45, 7) is 7.50. The number of rotatable bonds is 4. The molecule has 4 rings (SSSR count). The number of hydrogen-bond acceptors (Lipinski definition) is 5. The molecule has 3 heterocycles. The van der Waals surface area contributed by atoms with Gasteiger partial charge in [0.05, 0.1) is 18.8 Å². The van der Waals surface area contributed by atoms with Gasteiger partial charge in [0.1, 0.15) is 6.54 Å². The van der Waals surface area contributed by atoms with Crippen molar-refractivity contribution in [2.45, 2.75) is 39.9 Å². The van der Waals surface area contributed by atoms with E-state index in [1.807, 2.05) is 53.0 Å². The first-order valence-electron chi connectivity index (χ1n) is 9.81. The van der Waals surface area contributed by atoms with E-state index in [4.69, 9.17) is 14.9 Å². The van der Waals surface area contributed by atoms with Crippen LogP contribution in [0, 0.1) is 12.8 Å². The Morgan fingerprint density at radius 3 is 2.57 bits per heavy atom. The molecule has 1 aliphatic heterocycles. The minimum absolute atomic E-state index is 0.0623. The van der Waals surface area contributed by atoms with E-state index in [1.165, 1.54) is 0 Å². The number of nitrogens with zero attached hydrogens (tertiary/aromatic N) is 6. The first-order chi connectivity index (χ1) is 14.4. The molecule has 158 valence electrons. The molecule has 0 saturated carbocycles. The zero-order valence-electron chi connectivity index (χ0n) is 17.3. The van der Waals surface area contributed by atoms with Crippen molar-refractivity contribution in [2.75, 3.05) is 6.54 Å². The Morgan fingerprint density at radius 2 is 1.97 bits per heavy atom. The Morgan fingerprint density at radius 1 is 1.27 bits per heavy atom. The zero-order valence-corrected chi connectivity index (χ0v) is 17.3. The van der Waals surface area contributed by atoms with Gasteiger partial charge >= 0.3 is 0 Å². The van der Waals surface area contributed by atoms with Gasteiger partial charge in [-0.3, -0.25) is 14.3 Å². The average Bonchev–Trinajstić information content (AvgIpc) is 3.34. The lowest BCUT2D eigenvalue weighted by Crippen LogP contribution is -2.45. The maximum atomic E-state index is 13.0.